The van der Waals surface area contributed by atoms with E-state index in [2.05, 4.69) is 60.9 Å². The standard InChI is InChI=1S/C14H14Br2ClNS/c1-2-5-18-14(11-7-19-8-12(11)16)10-4-3-9(15)6-13(10)17/h3-4,6-8,14,18H,2,5H2,1H3. The van der Waals surface area contributed by atoms with Gasteiger partial charge in [-0.2, -0.15) is 11.3 Å². The molecule has 1 N–H and O–H groups in total. The average Bonchev–Trinajstić information content (AvgIpc) is 2.78. The Morgan fingerprint density at radius 2 is 2.05 bits per heavy atom. The molecule has 19 heavy (non-hydrogen) atoms. The van der Waals surface area contributed by atoms with Crippen LogP contribution in [0.4, 0.5) is 0 Å². The van der Waals surface area contributed by atoms with Crippen LogP contribution >= 0.6 is 54.8 Å². The fraction of sp³-hybridized carbons (Fsp3) is 0.286. The molecule has 0 bridgehead atoms. The van der Waals surface area contributed by atoms with E-state index in [4.69, 9.17) is 11.6 Å². The molecule has 2 rings (SSSR count). The molecule has 0 aliphatic heterocycles. The van der Waals surface area contributed by atoms with Gasteiger partial charge in [-0.1, -0.05) is 40.5 Å². The first-order valence-electron chi connectivity index (χ1n) is 6.03. The molecule has 1 heterocycles. The Morgan fingerprint density at radius 3 is 2.63 bits per heavy atom. The highest BCUT2D eigenvalue weighted by Crippen LogP contribution is 2.35. The van der Waals surface area contributed by atoms with Crippen molar-refractivity contribution in [1.29, 1.82) is 0 Å². The van der Waals surface area contributed by atoms with Crippen LogP contribution < -0.4 is 5.32 Å². The van der Waals surface area contributed by atoms with Crippen molar-refractivity contribution in [2.24, 2.45) is 0 Å². The van der Waals surface area contributed by atoms with E-state index in [9.17, 15) is 0 Å². The van der Waals surface area contributed by atoms with Gasteiger partial charge in [-0.15, -0.1) is 0 Å². The summed E-state index contributed by atoms with van der Waals surface area (Å²) in [6, 6.07) is 6.17. The van der Waals surface area contributed by atoms with Crippen LogP contribution in [0.5, 0.6) is 0 Å². The lowest BCUT2D eigenvalue weighted by Crippen LogP contribution is -2.23. The largest absolute Gasteiger partial charge is 0.306 e. The second-order valence-corrected chi connectivity index (χ2v) is 7.15. The normalized spacial score (nSPS) is 12.6. The molecule has 0 aliphatic rings. The van der Waals surface area contributed by atoms with E-state index in [-0.39, 0.29) is 6.04 Å². The van der Waals surface area contributed by atoms with Crippen molar-refractivity contribution in [1.82, 2.24) is 5.32 Å². The van der Waals surface area contributed by atoms with Gasteiger partial charge in [0.2, 0.25) is 0 Å². The van der Waals surface area contributed by atoms with Gasteiger partial charge in [-0.05, 0) is 57.5 Å². The van der Waals surface area contributed by atoms with E-state index in [0.29, 0.717) is 0 Å². The van der Waals surface area contributed by atoms with Crippen molar-refractivity contribution in [3.8, 4) is 0 Å². The van der Waals surface area contributed by atoms with Crippen molar-refractivity contribution in [3.05, 3.63) is 54.1 Å². The molecule has 0 spiro atoms. The van der Waals surface area contributed by atoms with Gasteiger partial charge in [-0.25, -0.2) is 0 Å². The van der Waals surface area contributed by atoms with Gasteiger partial charge < -0.3 is 5.32 Å². The molecule has 0 aliphatic carbocycles. The Labute approximate surface area is 139 Å². The van der Waals surface area contributed by atoms with Crippen molar-refractivity contribution in [3.63, 3.8) is 0 Å². The average molecular weight is 424 g/mol. The fourth-order valence-corrected chi connectivity index (χ4v) is 4.24. The maximum atomic E-state index is 6.39. The highest BCUT2D eigenvalue weighted by atomic mass is 79.9. The summed E-state index contributed by atoms with van der Waals surface area (Å²) >= 11 is 15.1. The van der Waals surface area contributed by atoms with Gasteiger partial charge in [0.25, 0.3) is 0 Å². The number of hydrogen-bond donors (Lipinski definition) is 1. The summed E-state index contributed by atoms with van der Waals surface area (Å²) in [5, 5.41) is 8.61. The molecular formula is C14H14Br2ClNS. The zero-order chi connectivity index (χ0) is 13.8. The minimum atomic E-state index is 0.126. The van der Waals surface area contributed by atoms with Crippen LogP contribution in [0.2, 0.25) is 5.02 Å². The Hall–Kier alpha value is 0.130. The highest BCUT2D eigenvalue weighted by Gasteiger charge is 2.19. The summed E-state index contributed by atoms with van der Waals surface area (Å²) in [5.41, 5.74) is 2.35. The van der Waals surface area contributed by atoms with Crippen LogP contribution in [0.3, 0.4) is 0 Å². The molecule has 0 amide bonds. The summed E-state index contributed by atoms with van der Waals surface area (Å²) in [5.74, 6) is 0. The number of rotatable bonds is 5. The molecule has 5 heteroatoms. The zero-order valence-corrected chi connectivity index (χ0v) is 15.2. The van der Waals surface area contributed by atoms with Gasteiger partial charge in [-0.3, -0.25) is 0 Å². The SMILES string of the molecule is CCCNC(c1ccc(Br)cc1Cl)c1cscc1Br. The molecular weight excluding hydrogens is 409 g/mol. The third-order valence-electron chi connectivity index (χ3n) is 2.83. The smallest absolute Gasteiger partial charge is 0.0610 e. The Morgan fingerprint density at radius 1 is 1.26 bits per heavy atom. The Bertz CT molecular complexity index is 556. The summed E-state index contributed by atoms with van der Waals surface area (Å²) in [6.45, 7) is 3.12. The van der Waals surface area contributed by atoms with Crippen LogP contribution in [-0.2, 0) is 0 Å². The van der Waals surface area contributed by atoms with Crippen LogP contribution in [0, 0.1) is 0 Å². The molecule has 1 nitrogen and oxygen atoms in total. The predicted octanol–water partition coefficient (Wildman–Crippen LogP) is 6.02. The maximum absolute atomic E-state index is 6.39. The van der Waals surface area contributed by atoms with Gasteiger partial charge in [0.05, 0.1) is 6.04 Å². The number of benzene rings is 1. The van der Waals surface area contributed by atoms with Gasteiger partial charge in [0, 0.05) is 19.3 Å². The molecule has 1 unspecified atom stereocenters. The fourth-order valence-electron chi connectivity index (χ4n) is 1.91. The van der Waals surface area contributed by atoms with E-state index < -0.39 is 0 Å². The van der Waals surface area contributed by atoms with Crippen LogP contribution in [0.1, 0.15) is 30.5 Å². The lowest BCUT2D eigenvalue weighted by Gasteiger charge is -2.20. The second kappa shape index (κ2) is 7.23. The first kappa shape index (κ1) is 15.5. The van der Waals surface area contributed by atoms with Crippen LogP contribution in [-0.4, -0.2) is 6.54 Å². The number of halogens is 3. The molecule has 1 atom stereocenters. The van der Waals surface area contributed by atoms with E-state index >= 15 is 0 Å². The minimum absolute atomic E-state index is 0.126. The van der Waals surface area contributed by atoms with Gasteiger partial charge >= 0.3 is 0 Å². The predicted molar refractivity (Wildman–Crippen MR) is 91.3 cm³/mol. The summed E-state index contributed by atoms with van der Waals surface area (Å²) in [4.78, 5) is 0. The molecule has 0 fully saturated rings. The number of hydrogen-bond acceptors (Lipinski definition) is 2. The first-order valence-corrected chi connectivity index (χ1v) is 8.94. The van der Waals surface area contributed by atoms with Crippen LogP contribution in [0.15, 0.2) is 37.9 Å². The topological polar surface area (TPSA) is 12.0 Å². The minimum Gasteiger partial charge on any atom is -0.306 e. The molecule has 1 aromatic carbocycles. The van der Waals surface area contributed by atoms with E-state index in [1.54, 1.807) is 11.3 Å². The van der Waals surface area contributed by atoms with Gasteiger partial charge in [0.1, 0.15) is 0 Å². The lowest BCUT2D eigenvalue weighted by atomic mass is 10.0. The van der Waals surface area contributed by atoms with E-state index in [1.807, 2.05) is 12.1 Å². The highest BCUT2D eigenvalue weighted by molar-refractivity contribution is 9.10. The van der Waals surface area contributed by atoms with Crippen molar-refractivity contribution < 1.29 is 0 Å². The first-order chi connectivity index (χ1) is 9.13. The molecule has 2 aromatic rings. The third kappa shape index (κ3) is 3.82. The maximum Gasteiger partial charge on any atom is 0.0610 e. The quantitative estimate of drug-likeness (QED) is 0.620. The molecule has 0 radical (unpaired) electrons. The summed E-state index contributed by atoms with van der Waals surface area (Å²) in [6.07, 6.45) is 1.09. The van der Waals surface area contributed by atoms with Crippen LogP contribution in [0.25, 0.3) is 0 Å². The monoisotopic (exact) mass is 421 g/mol. The molecule has 1 aromatic heterocycles. The van der Waals surface area contributed by atoms with Crippen molar-refractivity contribution in [2.75, 3.05) is 6.54 Å². The number of nitrogens with one attached hydrogen (secondary N) is 1. The molecule has 102 valence electrons. The molecule has 0 saturated carbocycles. The van der Waals surface area contributed by atoms with Crippen molar-refractivity contribution >= 4 is 54.8 Å². The van der Waals surface area contributed by atoms with Gasteiger partial charge in [0.15, 0.2) is 0 Å². The molecule has 0 saturated heterocycles. The van der Waals surface area contributed by atoms with Crippen molar-refractivity contribution in [2.45, 2.75) is 19.4 Å². The number of thiophene rings is 1. The Kier molecular flexibility index (Phi) is 5.90. The summed E-state index contributed by atoms with van der Waals surface area (Å²) in [7, 11) is 0. The zero-order valence-electron chi connectivity index (χ0n) is 10.4. The Balaban J connectivity index is 2.40. The van der Waals surface area contributed by atoms with E-state index in [0.717, 1.165) is 32.5 Å². The van der Waals surface area contributed by atoms with E-state index in [1.165, 1.54) is 5.56 Å². The summed E-state index contributed by atoms with van der Waals surface area (Å²) < 4.78 is 2.13. The third-order valence-corrected chi connectivity index (χ3v) is 5.40. The lowest BCUT2D eigenvalue weighted by molar-refractivity contribution is 0.598. The second-order valence-electron chi connectivity index (χ2n) is 4.23.